The van der Waals surface area contributed by atoms with Gasteiger partial charge in [0.25, 0.3) is 0 Å². The number of thioether (sulfide) groups is 1. The van der Waals surface area contributed by atoms with Crippen LogP contribution in [0.1, 0.15) is 20.3 Å². The van der Waals surface area contributed by atoms with Gasteiger partial charge in [0.15, 0.2) is 0 Å². The lowest BCUT2D eigenvalue weighted by Crippen LogP contribution is -2.33. The number of hydrogen-bond donors (Lipinski definition) is 2. The lowest BCUT2D eigenvalue weighted by Gasteiger charge is -2.12. The van der Waals surface area contributed by atoms with Crippen molar-refractivity contribution < 1.29 is 9.53 Å². The van der Waals surface area contributed by atoms with Gasteiger partial charge in [-0.05, 0) is 26.0 Å². The molecule has 0 aliphatic carbocycles. The predicted molar refractivity (Wildman–Crippen MR) is 65.1 cm³/mol. The van der Waals surface area contributed by atoms with Gasteiger partial charge in [-0.2, -0.15) is 0 Å². The molecular formula is C10H22N2O2S. The molecule has 0 rings (SSSR count). The van der Waals surface area contributed by atoms with Crippen molar-refractivity contribution in [2.75, 3.05) is 26.0 Å². The molecule has 0 aromatic rings. The third-order valence-electron chi connectivity index (χ3n) is 1.92. The van der Waals surface area contributed by atoms with Crippen LogP contribution in [0.4, 0.5) is 0 Å². The molecule has 5 heteroatoms. The molecule has 0 heterocycles. The van der Waals surface area contributed by atoms with E-state index in [1.54, 1.807) is 18.9 Å². The second-order valence-corrected chi connectivity index (χ2v) is 5.01. The third kappa shape index (κ3) is 8.72. The van der Waals surface area contributed by atoms with E-state index in [1.165, 1.54) is 0 Å². The van der Waals surface area contributed by atoms with Gasteiger partial charge >= 0.3 is 0 Å². The Morgan fingerprint density at radius 3 is 2.73 bits per heavy atom. The van der Waals surface area contributed by atoms with Crippen molar-refractivity contribution >= 4 is 17.7 Å². The lowest BCUT2D eigenvalue weighted by molar-refractivity contribution is -0.120. The summed E-state index contributed by atoms with van der Waals surface area (Å²) in [6.07, 6.45) is 0.945. The molecule has 2 unspecified atom stereocenters. The van der Waals surface area contributed by atoms with E-state index in [-0.39, 0.29) is 17.2 Å². The van der Waals surface area contributed by atoms with Gasteiger partial charge in [-0.25, -0.2) is 0 Å². The molecule has 4 nitrogen and oxygen atoms in total. The van der Waals surface area contributed by atoms with Crippen LogP contribution in [0, 0.1) is 0 Å². The van der Waals surface area contributed by atoms with E-state index in [9.17, 15) is 4.79 Å². The average molecular weight is 234 g/mol. The molecule has 15 heavy (non-hydrogen) atoms. The number of nitrogens with one attached hydrogen (secondary N) is 1. The van der Waals surface area contributed by atoms with Crippen molar-refractivity contribution in [2.45, 2.75) is 31.6 Å². The number of rotatable bonds is 8. The highest BCUT2D eigenvalue weighted by Gasteiger charge is 2.12. The molecule has 0 saturated heterocycles. The van der Waals surface area contributed by atoms with Crippen molar-refractivity contribution in [1.29, 1.82) is 0 Å². The molecule has 1 amide bonds. The number of carbonyl (C=O) groups excluding carboxylic acids is 1. The molecule has 0 aliphatic rings. The molecular weight excluding hydrogens is 212 g/mol. The van der Waals surface area contributed by atoms with Crippen LogP contribution in [-0.4, -0.2) is 43.2 Å². The summed E-state index contributed by atoms with van der Waals surface area (Å²) < 4.78 is 4.85. The number of methoxy groups -OCH3 is 1. The molecule has 90 valence electrons. The minimum Gasteiger partial charge on any atom is -0.383 e. The van der Waals surface area contributed by atoms with Crippen LogP contribution in [0.5, 0.6) is 0 Å². The predicted octanol–water partition coefficient (Wildman–Crippen LogP) is 0.608. The van der Waals surface area contributed by atoms with Crippen molar-refractivity contribution in [3.63, 3.8) is 0 Å². The summed E-state index contributed by atoms with van der Waals surface area (Å²) in [5.41, 5.74) is 5.62. The molecule has 0 bridgehead atoms. The molecule has 2 atom stereocenters. The summed E-state index contributed by atoms with van der Waals surface area (Å²) in [6, 6.07) is 0.209. The van der Waals surface area contributed by atoms with Crippen LogP contribution in [0.15, 0.2) is 0 Å². The number of nitrogens with two attached hydrogens (primary N) is 1. The maximum atomic E-state index is 11.5. The quantitative estimate of drug-likeness (QED) is 0.604. The number of carbonyl (C=O) groups is 1. The Hall–Kier alpha value is -0.260. The first-order valence-corrected chi connectivity index (χ1v) is 6.26. The highest BCUT2D eigenvalue weighted by Crippen LogP contribution is 2.12. The molecule has 3 N–H and O–H groups in total. The number of ether oxygens (including phenoxy) is 1. The lowest BCUT2D eigenvalue weighted by atomic mass is 10.3. The van der Waals surface area contributed by atoms with Gasteiger partial charge in [-0.15, -0.1) is 11.8 Å². The largest absolute Gasteiger partial charge is 0.383 e. The fourth-order valence-corrected chi connectivity index (χ4v) is 2.02. The molecule has 0 aliphatic heterocycles. The average Bonchev–Trinajstić information content (AvgIpc) is 2.17. The van der Waals surface area contributed by atoms with E-state index in [0.717, 1.165) is 12.2 Å². The van der Waals surface area contributed by atoms with Crippen LogP contribution >= 0.6 is 11.8 Å². The zero-order chi connectivity index (χ0) is 11.7. The third-order valence-corrected chi connectivity index (χ3v) is 3.10. The first-order valence-electron chi connectivity index (χ1n) is 5.21. The molecule has 0 fully saturated rings. The standard InChI is InChI=1S/C10H22N2O2S/c1-8(11)4-7-15-9(2)10(13)12-5-6-14-3/h8-9H,4-7,11H2,1-3H3,(H,12,13). The SMILES string of the molecule is COCCNC(=O)C(C)SCCC(C)N. The van der Waals surface area contributed by atoms with Crippen LogP contribution in [-0.2, 0) is 9.53 Å². The zero-order valence-corrected chi connectivity index (χ0v) is 10.6. The summed E-state index contributed by atoms with van der Waals surface area (Å²) in [5, 5.41) is 2.79. The number of hydrogen-bond acceptors (Lipinski definition) is 4. The molecule has 0 aromatic carbocycles. The van der Waals surface area contributed by atoms with Crippen molar-refractivity contribution in [2.24, 2.45) is 5.73 Å². The van der Waals surface area contributed by atoms with Gasteiger partial charge in [0.2, 0.25) is 5.91 Å². The monoisotopic (exact) mass is 234 g/mol. The maximum Gasteiger partial charge on any atom is 0.232 e. The second-order valence-electron chi connectivity index (χ2n) is 3.56. The molecule has 0 radical (unpaired) electrons. The fraction of sp³-hybridized carbons (Fsp3) is 0.900. The van der Waals surface area contributed by atoms with E-state index in [1.807, 2.05) is 13.8 Å². The summed E-state index contributed by atoms with van der Waals surface area (Å²) in [6.45, 7) is 5.02. The Morgan fingerprint density at radius 2 is 2.20 bits per heavy atom. The van der Waals surface area contributed by atoms with Crippen molar-refractivity contribution in [1.82, 2.24) is 5.32 Å². The molecule has 0 spiro atoms. The second kappa shape index (κ2) is 9.00. The Labute approximate surface area is 96.3 Å². The van der Waals surface area contributed by atoms with E-state index in [2.05, 4.69) is 5.32 Å². The van der Waals surface area contributed by atoms with Gasteiger partial charge in [0.1, 0.15) is 0 Å². The highest BCUT2D eigenvalue weighted by atomic mass is 32.2. The minimum atomic E-state index is -0.0133. The van der Waals surface area contributed by atoms with Crippen molar-refractivity contribution in [3.8, 4) is 0 Å². The molecule has 0 aromatic heterocycles. The summed E-state index contributed by atoms with van der Waals surface area (Å²) in [7, 11) is 1.62. The highest BCUT2D eigenvalue weighted by molar-refractivity contribution is 8.00. The first-order chi connectivity index (χ1) is 7.07. The molecule has 0 saturated carbocycles. The Kier molecular flexibility index (Phi) is 8.85. The van der Waals surface area contributed by atoms with Gasteiger partial charge in [0, 0.05) is 19.7 Å². The van der Waals surface area contributed by atoms with E-state index >= 15 is 0 Å². The number of amides is 1. The van der Waals surface area contributed by atoms with Gasteiger partial charge in [-0.3, -0.25) is 4.79 Å². The van der Waals surface area contributed by atoms with Crippen LogP contribution in [0.25, 0.3) is 0 Å². The van der Waals surface area contributed by atoms with E-state index < -0.39 is 0 Å². The van der Waals surface area contributed by atoms with Gasteiger partial charge < -0.3 is 15.8 Å². The topological polar surface area (TPSA) is 64.3 Å². The van der Waals surface area contributed by atoms with E-state index in [4.69, 9.17) is 10.5 Å². The van der Waals surface area contributed by atoms with Crippen LogP contribution < -0.4 is 11.1 Å². The van der Waals surface area contributed by atoms with Gasteiger partial charge in [-0.1, -0.05) is 0 Å². The van der Waals surface area contributed by atoms with Gasteiger partial charge in [0.05, 0.1) is 11.9 Å². The summed E-state index contributed by atoms with van der Waals surface area (Å²) in [4.78, 5) is 11.5. The summed E-state index contributed by atoms with van der Waals surface area (Å²) >= 11 is 1.64. The zero-order valence-electron chi connectivity index (χ0n) is 9.79. The minimum absolute atomic E-state index is 0.0133. The first kappa shape index (κ1) is 14.7. The fourth-order valence-electron chi connectivity index (χ4n) is 0.926. The summed E-state index contributed by atoms with van der Waals surface area (Å²) in [5.74, 6) is 0.998. The van der Waals surface area contributed by atoms with Crippen LogP contribution in [0.3, 0.4) is 0 Å². The normalized spacial score (nSPS) is 14.7. The Morgan fingerprint density at radius 1 is 1.53 bits per heavy atom. The smallest absolute Gasteiger partial charge is 0.232 e. The van der Waals surface area contributed by atoms with E-state index in [0.29, 0.717) is 13.2 Å². The van der Waals surface area contributed by atoms with Crippen molar-refractivity contribution in [3.05, 3.63) is 0 Å². The Bertz CT molecular complexity index is 177. The van der Waals surface area contributed by atoms with Crippen LogP contribution in [0.2, 0.25) is 0 Å². The maximum absolute atomic E-state index is 11.5. The Balaban J connectivity index is 3.51.